The molecule has 0 amide bonds. The summed E-state index contributed by atoms with van der Waals surface area (Å²) in [5.41, 5.74) is 1.40. The summed E-state index contributed by atoms with van der Waals surface area (Å²) in [4.78, 5) is 0. The minimum Gasteiger partial charge on any atom is -0.497 e. The number of hydrogen-bond donors (Lipinski definition) is 1. The second-order valence-corrected chi connectivity index (χ2v) is 5.39. The first-order chi connectivity index (χ1) is 11.3. The lowest BCUT2D eigenvalue weighted by atomic mass is 10.2. The van der Waals surface area contributed by atoms with E-state index < -0.39 is 0 Å². The lowest BCUT2D eigenvalue weighted by molar-refractivity contribution is 0.260. The van der Waals surface area contributed by atoms with E-state index in [1.54, 1.807) is 7.11 Å². The molecular weight excluding hydrogens is 294 g/mol. The van der Waals surface area contributed by atoms with Crippen molar-refractivity contribution in [1.29, 1.82) is 0 Å². The van der Waals surface area contributed by atoms with Gasteiger partial charge in [0.1, 0.15) is 29.5 Å². The van der Waals surface area contributed by atoms with E-state index in [0.29, 0.717) is 18.1 Å². The molecule has 0 radical (unpaired) electrons. The fourth-order valence-electron chi connectivity index (χ4n) is 2.36. The van der Waals surface area contributed by atoms with Crippen LogP contribution in [0.3, 0.4) is 0 Å². The van der Waals surface area contributed by atoms with Crippen molar-refractivity contribution < 1.29 is 14.6 Å². The molecule has 0 atom stereocenters. The van der Waals surface area contributed by atoms with Gasteiger partial charge in [0.15, 0.2) is 0 Å². The van der Waals surface area contributed by atoms with Crippen LogP contribution in [0, 0.1) is 0 Å². The topological polar surface area (TPSA) is 69.4 Å². The quantitative estimate of drug-likeness (QED) is 0.682. The average Bonchev–Trinajstić information content (AvgIpc) is 2.99. The van der Waals surface area contributed by atoms with E-state index in [-0.39, 0.29) is 6.61 Å². The van der Waals surface area contributed by atoms with Crippen LogP contribution in [0.2, 0.25) is 0 Å². The minimum absolute atomic E-state index is 0.133. The van der Waals surface area contributed by atoms with Crippen LogP contribution in [-0.2, 0) is 19.8 Å². The molecule has 0 unspecified atom stereocenters. The molecule has 6 nitrogen and oxygen atoms in total. The fourth-order valence-corrected chi connectivity index (χ4v) is 2.36. The van der Waals surface area contributed by atoms with Crippen molar-refractivity contribution in [3.05, 3.63) is 35.7 Å². The summed E-state index contributed by atoms with van der Waals surface area (Å²) >= 11 is 0. The van der Waals surface area contributed by atoms with Crippen LogP contribution in [-0.4, -0.2) is 27.2 Å². The van der Waals surface area contributed by atoms with E-state index in [1.807, 2.05) is 28.9 Å². The number of methoxy groups -OCH3 is 1. The Bertz CT molecular complexity index is 599. The normalized spacial score (nSPS) is 10.7. The molecule has 1 N–H and O–H groups in total. The highest BCUT2D eigenvalue weighted by atomic mass is 16.5. The maximum atomic E-state index is 9.43. The van der Waals surface area contributed by atoms with E-state index in [9.17, 15) is 5.11 Å². The van der Waals surface area contributed by atoms with E-state index in [1.165, 1.54) is 19.3 Å². The standard InChI is InChI=1S/C17H25N3O3/c1-3-4-5-6-10-20-17(16(12-21)18-19-20)13-23-15-9-7-8-14(11-15)22-2/h7-9,11,21H,3-6,10,12-13H2,1-2H3. The predicted molar refractivity (Wildman–Crippen MR) is 87.4 cm³/mol. The molecule has 0 fully saturated rings. The lowest BCUT2D eigenvalue weighted by Gasteiger charge is -2.10. The molecule has 1 aromatic heterocycles. The van der Waals surface area contributed by atoms with E-state index in [4.69, 9.17) is 9.47 Å². The number of ether oxygens (including phenoxy) is 2. The van der Waals surface area contributed by atoms with Gasteiger partial charge in [-0.3, -0.25) is 0 Å². The van der Waals surface area contributed by atoms with Crippen LogP contribution in [0.1, 0.15) is 44.0 Å². The van der Waals surface area contributed by atoms with Gasteiger partial charge >= 0.3 is 0 Å². The zero-order valence-electron chi connectivity index (χ0n) is 13.9. The first-order valence-corrected chi connectivity index (χ1v) is 8.07. The SMILES string of the molecule is CCCCCCn1nnc(CO)c1COc1cccc(OC)c1. The van der Waals surface area contributed by atoms with Crippen molar-refractivity contribution in [3.8, 4) is 11.5 Å². The molecule has 2 rings (SSSR count). The van der Waals surface area contributed by atoms with Crippen LogP contribution in [0.4, 0.5) is 0 Å². The van der Waals surface area contributed by atoms with Gasteiger partial charge in [-0.25, -0.2) is 4.68 Å². The molecular formula is C17H25N3O3. The molecule has 0 saturated carbocycles. The molecule has 2 aromatic rings. The molecule has 0 aliphatic carbocycles. The first kappa shape index (κ1) is 17.3. The average molecular weight is 319 g/mol. The Morgan fingerprint density at radius 1 is 1.17 bits per heavy atom. The highest BCUT2D eigenvalue weighted by molar-refractivity contribution is 5.33. The van der Waals surface area contributed by atoms with Crippen molar-refractivity contribution in [2.24, 2.45) is 0 Å². The summed E-state index contributed by atoms with van der Waals surface area (Å²) < 4.78 is 12.8. The summed E-state index contributed by atoms with van der Waals surface area (Å²) in [5.74, 6) is 1.46. The van der Waals surface area contributed by atoms with E-state index in [2.05, 4.69) is 17.2 Å². The van der Waals surface area contributed by atoms with Gasteiger partial charge in [-0.2, -0.15) is 0 Å². The monoisotopic (exact) mass is 319 g/mol. The van der Waals surface area contributed by atoms with Crippen molar-refractivity contribution in [2.75, 3.05) is 7.11 Å². The van der Waals surface area contributed by atoms with E-state index >= 15 is 0 Å². The number of aryl methyl sites for hydroxylation is 1. The van der Waals surface area contributed by atoms with E-state index in [0.717, 1.165) is 24.4 Å². The highest BCUT2D eigenvalue weighted by Gasteiger charge is 2.13. The third-order valence-corrected chi connectivity index (χ3v) is 3.71. The summed E-state index contributed by atoms with van der Waals surface area (Å²) in [6.45, 7) is 3.17. The minimum atomic E-state index is -0.133. The van der Waals surface area contributed by atoms with Gasteiger partial charge in [-0.15, -0.1) is 5.10 Å². The number of hydrogen-bond acceptors (Lipinski definition) is 5. The second kappa shape index (κ2) is 9.15. The van der Waals surface area contributed by atoms with Crippen LogP contribution in [0.15, 0.2) is 24.3 Å². The van der Waals surface area contributed by atoms with Gasteiger partial charge in [0.2, 0.25) is 0 Å². The molecule has 0 aliphatic rings. The molecule has 0 aliphatic heterocycles. The zero-order valence-corrected chi connectivity index (χ0v) is 13.9. The molecule has 0 saturated heterocycles. The van der Waals surface area contributed by atoms with Crippen molar-refractivity contribution in [2.45, 2.75) is 52.4 Å². The highest BCUT2D eigenvalue weighted by Crippen LogP contribution is 2.20. The first-order valence-electron chi connectivity index (χ1n) is 8.07. The Morgan fingerprint density at radius 3 is 2.74 bits per heavy atom. The van der Waals surface area contributed by atoms with Gasteiger partial charge in [-0.1, -0.05) is 37.5 Å². The lowest BCUT2D eigenvalue weighted by Crippen LogP contribution is -2.10. The van der Waals surface area contributed by atoms with Gasteiger partial charge in [0.25, 0.3) is 0 Å². The molecule has 126 valence electrons. The molecule has 6 heteroatoms. The van der Waals surface area contributed by atoms with Crippen LogP contribution in [0.25, 0.3) is 0 Å². The predicted octanol–water partition coefficient (Wildman–Crippen LogP) is 2.94. The molecule has 0 bridgehead atoms. The van der Waals surface area contributed by atoms with Gasteiger partial charge in [-0.05, 0) is 18.6 Å². The second-order valence-electron chi connectivity index (χ2n) is 5.39. The summed E-state index contributed by atoms with van der Waals surface area (Å²) in [6, 6.07) is 7.44. The number of aromatic nitrogens is 3. The maximum absolute atomic E-state index is 9.43. The third-order valence-electron chi connectivity index (χ3n) is 3.71. The summed E-state index contributed by atoms with van der Waals surface area (Å²) in [6.07, 6.45) is 4.64. The Hall–Kier alpha value is -2.08. The van der Waals surface area contributed by atoms with Crippen molar-refractivity contribution in [1.82, 2.24) is 15.0 Å². The molecule has 1 heterocycles. The van der Waals surface area contributed by atoms with Crippen molar-refractivity contribution >= 4 is 0 Å². The Kier molecular flexibility index (Phi) is 6.87. The number of unbranched alkanes of at least 4 members (excludes halogenated alkanes) is 3. The Balaban J connectivity index is 2.00. The van der Waals surface area contributed by atoms with Crippen LogP contribution in [0.5, 0.6) is 11.5 Å². The van der Waals surface area contributed by atoms with Gasteiger partial charge in [0.05, 0.1) is 13.7 Å². The number of aliphatic hydroxyl groups is 1. The van der Waals surface area contributed by atoms with Crippen molar-refractivity contribution in [3.63, 3.8) is 0 Å². The molecule has 0 spiro atoms. The number of rotatable bonds is 10. The Morgan fingerprint density at radius 2 is 2.00 bits per heavy atom. The molecule has 23 heavy (non-hydrogen) atoms. The van der Waals surface area contributed by atoms with Crippen LogP contribution >= 0.6 is 0 Å². The third kappa shape index (κ3) is 4.96. The van der Waals surface area contributed by atoms with Gasteiger partial charge in [0, 0.05) is 12.6 Å². The van der Waals surface area contributed by atoms with Crippen LogP contribution < -0.4 is 9.47 Å². The maximum Gasteiger partial charge on any atom is 0.132 e. The smallest absolute Gasteiger partial charge is 0.132 e. The largest absolute Gasteiger partial charge is 0.497 e. The molecule has 1 aromatic carbocycles. The summed E-state index contributed by atoms with van der Waals surface area (Å²) in [7, 11) is 1.62. The number of nitrogens with zero attached hydrogens (tertiary/aromatic N) is 3. The Labute approximate surface area is 137 Å². The van der Waals surface area contributed by atoms with Gasteiger partial charge < -0.3 is 14.6 Å². The summed E-state index contributed by atoms with van der Waals surface area (Å²) in [5, 5.41) is 17.6. The zero-order chi connectivity index (χ0) is 16.5. The fraction of sp³-hybridized carbons (Fsp3) is 0.529. The number of benzene rings is 1. The number of aliphatic hydroxyl groups excluding tert-OH is 1.